The maximum atomic E-state index is 11.8. The topological polar surface area (TPSA) is 67.4 Å². The number of nitrogens with one attached hydrogen (secondary N) is 2. The molecule has 2 amide bonds. The van der Waals surface area contributed by atoms with Crippen LogP contribution in [0.15, 0.2) is 48.5 Å². The third-order valence-corrected chi connectivity index (χ3v) is 3.35. The van der Waals surface area contributed by atoms with E-state index in [4.69, 9.17) is 16.3 Å². The van der Waals surface area contributed by atoms with Crippen LogP contribution in [0.4, 0.5) is 5.69 Å². The smallest absolute Gasteiger partial charge is 0.313 e. The summed E-state index contributed by atoms with van der Waals surface area (Å²) >= 11 is 5.76. The molecule has 0 saturated carbocycles. The monoisotopic (exact) mass is 332 g/mol. The first-order valence-corrected chi connectivity index (χ1v) is 7.38. The summed E-state index contributed by atoms with van der Waals surface area (Å²) < 4.78 is 5.03. The number of halogens is 1. The first-order chi connectivity index (χ1) is 11.1. The standard InChI is InChI=1S/C17H17ClN2O3/c1-23-11-13-4-2-12(3-5-13)10-19-16(21)17(22)20-15-8-6-14(18)7-9-15/h2-9H,10-11H2,1H3,(H,19,21)(H,20,22). The molecule has 0 radical (unpaired) electrons. The van der Waals surface area contributed by atoms with Crippen LogP contribution in [-0.2, 0) is 27.5 Å². The second-order valence-corrected chi connectivity index (χ2v) is 5.33. The molecule has 5 nitrogen and oxygen atoms in total. The van der Waals surface area contributed by atoms with Crippen molar-refractivity contribution in [3.63, 3.8) is 0 Å². The van der Waals surface area contributed by atoms with Crippen molar-refractivity contribution >= 4 is 29.1 Å². The van der Waals surface area contributed by atoms with Crippen LogP contribution in [-0.4, -0.2) is 18.9 Å². The van der Waals surface area contributed by atoms with Crippen molar-refractivity contribution in [2.45, 2.75) is 13.2 Å². The highest BCUT2D eigenvalue weighted by atomic mass is 35.5. The first kappa shape index (κ1) is 17.0. The highest BCUT2D eigenvalue weighted by Gasteiger charge is 2.13. The molecule has 0 aliphatic carbocycles. The van der Waals surface area contributed by atoms with Crippen molar-refractivity contribution < 1.29 is 14.3 Å². The number of benzene rings is 2. The minimum absolute atomic E-state index is 0.278. The largest absolute Gasteiger partial charge is 0.380 e. The van der Waals surface area contributed by atoms with Gasteiger partial charge in [0.1, 0.15) is 0 Å². The zero-order valence-corrected chi connectivity index (χ0v) is 13.4. The Balaban J connectivity index is 1.83. The van der Waals surface area contributed by atoms with Gasteiger partial charge in [-0.2, -0.15) is 0 Å². The van der Waals surface area contributed by atoms with E-state index in [-0.39, 0.29) is 6.54 Å². The van der Waals surface area contributed by atoms with Gasteiger partial charge in [-0.25, -0.2) is 0 Å². The summed E-state index contributed by atoms with van der Waals surface area (Å²) in [7, 11) is 1.63. The van der Waals surface area contributed by atoms with Gasteiger partial charge in [-0.3, -0.25) is 9.59 Å². The lowest BCUT2D eigenvalue weighted by Crippen LogP contribution is -2.34. The fourth-order valence-electron chi connectivity index (χ4n) is 1.90. The van der Waals surface area contributed by atoms with Gasteiger partial charge in [0.25, 0.3) is 0 Å². The van der Waals surface area contributed by atoms with Crippen LogP contribution < -0.4 is 10.6 Å². The summed E-state index contributed by atoms with van der Waals surface area (Å²) in [5, 5.41) is 5.64. The lowest BCUT2D eigenvalue weighted by molar-refractivity contribution is -0.136. The van der Waals surface area contributed by atoms with E-state index < -0.39 is 11.8 Å². The summed E-state index contributed by atoms with van der Waals surface area (Å²) in [5.41, 5.74) is 2.46. The van der Waals surface area contributed by atoms with Gasteiger partial charge < -0.3 is 15.4 Å². The number of rotatable bonds is 5. The second-order valence-electron chi connectivity index (χ2n) is 4.89. The number of hydrogen-bond acceptors (Lipinski definition) is 3. The normalized spacial score (nSPS) is 10.2. The van der Waals surface area contributed by atoms with Crippen molar-refractivity contribution in [1.82, 2.24) is 5.32 Å². The molecule has 2 rings (SSSR count). The van der Waals surface area contributed by atoms with Crippen LogP contribution in [0.25, 0.3) is 0 Å². The van der Waals surface area contributed by atoms with E-state index in [1.54, 1.807) is 31.4 Å². The Hall–Kier alpha value is -2.37. The predicted molar refractivity (Wildman–Crippen MR) is 89.1 cm³/mol. The highest BCUT2D eigenvalue weighted by Crippen LogP contribution is 2.13. The average molecular weight is 333 g/mol. The molecule has 2 aromatic rings. The van der Waals surface area contributed by atoms with Crippen molar-refractivity contribution in [2.75, 3.05) is 12.4 Å². The molecule has 0 spiro atoms. The van der Waals surface area contributed by atoms with E-state index in [1.807, 2.05) is 24.3 Å². The Labute approximate surface area is 139 Å². The predicted octanol–water partition coefficient (Wildman–Crippen LogP) is 2.74. The SMILES string of the molecule is COCc1ccc(CNC(=O)C(=O)Nc2ccc(Cl)cc2)cc1. The summed E-state index contributed by atoms with van der Waals surface area (Å²) in [6.45, 7) is 0.816. The molecule has 0 bridgehead atoms. The maximum Gasteiger partial charge on any atom is 0.313 e. The zero-order chi connectivity index (χ0) is 16.7. The highest BCUT2D eigenvalue weighted by molar-refractivity contribution is 6.39. The number of carbonyl (C=O) groups is 2. The van der Waals surface area contributed by atoms with E-state index in [2.05, 4.69) is 10.6 Å². The molecule has 0 heterocycles. The second kappa shape index (κ2) is 8.31. The van der Waals surface area contributed by atoms with Gasteiger partial charge >= 0.3 is 11.8 Å². The van der Waals surface area contributed by atoms with Crippen LogP contribution in [0.3, 0.4) is 0 Å². The Bertz CT molecular complexity index is 669. The number of carbonyl (C=O) groups excluding carboxylic acids is 2. The van der Waals surface area contributed by atoms with Gasteiger partial charge in [0.15, 0.2) is 0 Å². The molecule has 2 N–H and O–H groups in total. The third-order valence-electron chi connectivity index (χ3n) is 3.10. The number of hydrogen-bond donors (Lipinski definition) is 2. The van der Waals surface area contributed by atoms with Crippen LogP contribution in [0, 0.1) is 0 Å². The number of anilines is 1. The van der Waals surface area contributed by atoms with Crippen LogP contribution in [0.1, 0.15) is 11.1 Å². The number of ether oxygens (including phenoxy) is 1. The Morgan fingerprint density at radius 1 is 0.957 bits per heavy atom. The van der Waals surface area contributed by atoms with Gasteiger partial charge in [-0.1, -0.05) is 35.9 Å². The van der Waals surface area contributed by atoms with Gasteiger partial charge in [0.05, 0.1) is 6.61 Å². The Kier molecular flexibility index (Phi) is 6.14. The lowest BCUT2D eigenvalue weighted by Gasteiger charge is -2.07. The molecule has 0 saturated heterocycles. The summed E-state index contributed by atoms with van der Waals surface area (Å²) in [6, 6.07) is 14.1. The minimum Gasteiger partial charge on any atom is -0.380 e. The summed E-state index contributed by atoms with van der Waals surface area (Å²) in [4.78, 5) is 23.6. The summed E-state index contributed by atoms with van der Waals surface area (Å²) in [6.07, 6.45) is 0. The zero-order valence-electron chi connectivity index (χ0n) is 12.6. The molecule has 0 fully saturated rings. The third kappa shape index (κ3) is 5.39. The molecule has 0 unspecified atom stereocenters. The van der Waals surface area contributed by atoms with Crippen LogP contribution in [0.5, 0.6) is 0 Å². The van der Waals surface area contributed by atoms with E-state index in [9.17, 15) is 9.59 Å². The number of amides is 2. The first-order valence-electron chi connectivity index (χ1n) is 7.00. The average Bonchev–Trinajstić information content (AvgIpc) is 2.56. The van der Waals surface area contributed by atoms with E-state index >= 15 is 0 Å². The van der Waals surface area contributed by atoms with Crippen molar-refractivity contribution in [2.24, 2.45) is 0 Å². The Morgan fingerprint density at radius 2 is 1.57 bits per heavy atom. The van der Waals surface area contributed by atoms with Gasteiger partial charge in [0.2, 0.25) is 0 Å². The van der Waals surface area contributed by atoms with Gasteiger partial charge in [0, 0.05) is 24.4 Å². The fourth-order valence-corrected chi connectivity index (χ4v) is 2.03. The fraction of sp³-hybridized carbons (Fsp3) is 0.176. The van der Waals surface area contributed by atoms with Gasteiger partial charge in [-0.15, -0.1) is 0 Å². The molecule has 120 valence electrons. The lowest BCUT2D eigenvalue weighted by atomic mass is 10.1. The quantitative estimate of drug-likeness (QED) is 0.827. The number of methoxy groups -OCH3 is 1. The molecule has 2 aromatic carbocycles. The molecular formula is C17H17ClN2O3. The summed E-state index contributed by atoms with van der Waals surface area (Å²) in [5.74, 6) is -1.41. The molecular weight excluding hydrogens is 316 g/mol. The molecule has 0 aromatic heterocycles. The van der Waals surface area contributed by atoms with Crippen molar-refractivity contribution in [1.29, 1.82) is 0 Å². The maximum absolute atomic E-state index is 11.8. The minimum atomic E-state index is -0.719. The van der Waals surface area contributed by atoms with Crippen LogP contribution in [0.2, 0.25) is 5.02 Å². The Morgan fingerprint density at radius 3 is 2.17 bits per heavy atom. The molecule has 0 atom stereocenters. The van der Waals surface area contributed by atoms with Crippen molar-refractivity contribution in [3.05, 3.63) is 64.7 Å². The molecule has 0 aliphatic rings. The van der Waals surface area contributed by atoms with E-state index in [0.29, 0.717) is 17.3 Å². The van der Waals surface area contributed by atoms with E-state index in [0.717, 1.165) is 11.1 Å². The molecule has 23 heavy (non-hydrogen) atoms. The van der Waals surface area contributed by atoms with Crippen molar-refractivity contribution in [3.8, 4) is 0 Å². The van der Waals surface area contributed by atoms with Crippen LogP contribution >= 0.6 is 11.6 Å². The molecule has 0 aliphatic heterocycles. The van der Waals surface area contributed by atoms with Gasteiger partial charge in [-0.05, 0) is 35.4 Å². The van der Waals surface area contributed by atoms with E-state index in [1.165, 1.54) is 0 Å². The molecule has 6 heteroatoms.